The molecular weight excluding hydrogens is 423 g/mol. The van der Waals surface area contributed by atoms with Crippen LogP contribution < -0.4 is 4.74 Å². The lowest BCUT2D eigenvalue weighted by molar-refractivity contribution is -0.117. The molecule has 0 radical (unpaired) electrons. The van der Waals surface area contributed by atoms with E-state index in [2.05, 4.69) is 9.97 Å². The van der Waals surface area contributed by atoms with Gasteiger partial charge in [-0.2, -0.15) is 0 Å². The van der Waals surface area contributed by atoms with Gasteiger partial charge in [-0.05, 0) is 48.4 Å². The van der Waals surface area contributed by atoms with Crippen LogP contribution in [0.3, 0.4) is 0 Å². The highest BCUT2D eigenvalue weighted by atomic mass is 19.1. The standard InChI is InChI=1S/C26H21FN2O4/c1-16-2-7-23(27)18(10-16)12-20(30)11-17-3-5-21(6-4-17)33-22-8-9-28-25(14-22)24-13-19(15-29-24)26(31)32/h2-10,13-15,29H,11-12H2,1H3,(H,31,32). The number of nitrogens with one attached hydrogen (secondary N) is 1. The smallest absolute Gasteiger partial charge is 0.337 e. The molecule has 0 amide bonds. The molecule has 2 aromatic carbocycles. The topological polar surface area (TPSA) is 92.3 Å². The number of ether oxygens (including phenoxy) is 1. The predicted molar refractivity (Wildman–Crippen MR) is 121 cm³/mol. The number of hydrogen-bond donors (Lipinski definition) is 2. The number of carboxylic acids is 1. The van der Waals surface area contributed by atoms with E-state index in [9.17, 15) is 14.0 Å². The van der Waals surface area contributed by atoms with Crippen LogP contribution in [0.4, 0.5) is 4.39 Å². The van der Waals surface area contributed by atoms with E-state index in [4.69, 9.17) is 9.84 Å². The zero-order chi connectivity index (χ0) is 23.4. The van der Waals surface area contributed by atoms with Gasteiger partial charge in [-0.15, -0.1) is 0 Å². The molecular formula is C26H21FN2O4. The fraction of sp³-hybridized carbons (Fsp3) is 0.115. The van der Waals surface area contributed by atoms with Crippen LogP contribution in [0.25, 0.3) is 11.4 Å². The molecule has 2 N–H and O–H groups in total. The monoisotopic (exact) mass is 444 g/mol. The summed E-state index contributed by atoms with van der Waals surface area (Å²) in [6.07, 6.45) is 3.23. The number of Topliss-reactive ketones (excluding diaryl/α,β-unsaturated/α-hetero) is 1. The van der Waals surface area contributed by atoms with Crippen LogP contribution in [-0.4, -0.2) is 26.8 Å². The quantitative estimate of drug-likeness (QED) is 0.381. The number of benzene rings is 2. The Morgan fingerprint density at radius 1 is 1.00 bits per heavy atom. The highest BCUT2D eigenvalue weighted by Crippen LogP contribution is 2.26. The number of ketones is 1. The average Bonchev–Trinajstić information content (AvgIpc) is 3.29. The number of aromatic nitrogens is 2. The maximum atomic E-state index is 13.9. The lowest BCUT2D eigenvalue weighted by atomic mass is 10.0. The number of carbonyl (C=O) groups excluding carboxylic acids is 1. The Kier molecular flexibility index (Phi) is 6.31. The van der Waals surface area contributed by atoms with Gasteiger partial charge in [0.15, 0.2) is 0 Å². The van der Waals surface area contributed by atoms with E-state index >= 15 is 0 Å². The van der Waals surface area contributed by atoms with E-state index in [0.717, 1.165) is 11.1 Å². The first kappa shape index (κ1) is 22.0. The summed E-state index contributed by atoms with van der Waals surface area (Å²) in [5.74, 6) is -0.352. The summed E-state index contributed by atoms with van der Waals surface area (Å²) in [7, 11) is 0. The molecule has 2 heterocycles. The maximum absolute atomic E-state index is 13.9. The molecule has 166 valence electrons. The second kappa shape index (κ2) is 9.48. The number of aromatic amines is 1. The molecule has 33 heavy (non-hydrogen) atoms. The van der Waals surface area contributed by atoms with Gasteiger partial charge in [0.1, 0.15) is 23.1 Å². The van der Waals surface area contributed by atoms with Gasteiger partial charge >= 0.3 is 5.97 Å². The van der Waals surface area contributed by atoms with Gasteiger partial charge in [-0.3, -0.25) is 9.78 Å². The van der Waals surface area contributed by atoms with Crippen molar-refractivity contribution in [3.05, 3.63) is 101 Å². The van der Waals surface area contributed by atoms with Crippen LogP contribution >= 0.6 is 0 Å². The predicted octanol–water partition coefficient (Wildman–Crippen LogP) is 5.37. The second-order valence-corrected chi connectivity index (χ2v) is 7.72. The number of carbonyl (C=O) groups is 2. The first-order valence-electron chi connectivity index (χ1n) is 10.3. The molecule has 4 aromatic rings. The van der Waals surface area contributed by atoms with E-state index in [1.54, 1.807) is 54.7 Å². The van der Waals surface area contributed by atoms with Gasteiger partial charge in [0.25, 0.3) is 0 Å². The first-order valence-corrected chi connectivity index (χ1v) is 10.3. The Morgan fingerprint density at radius 3 is 2.52 bits per heavy atom. The minimum atomic E-state index is -1.02. The zero-order valence-electron chi connectivity index (χ0n) is 17.8. The summed E-state index contributed by atoms with van der Waals surface area (Å²) in [6, 6.07) is 16.8. The number of nitrogens with zero attached hydrogens (tertiary/aromatic N) is 1. The number of aromatic carboxylic acids is 1. The van der Waals surface area contributed by atoms with Crippen molar-refractivity contribution >= 4 is 11.8 Å². The number of aryl methyl sites for hydroxylation is 1. The molecule has 0 fully saturated rings. The van der Waals surface area contributed by atoms with Crippen molar-refractivity contribution in [1.82, 2.24) is 9.97 Å². The largest absolute Gasteiger partial charge is 0.478 e. The Bertz CT molecular complexity index is 1310. The zero-order valence-corrected chi connectivity index (χ0v) is 17.8. The Hall–Kier alpha value is -4.26. The summed E-state index contributed by atoms with van der Waals surface area (Å²) in [5.41, 5.74) is 3.39. The SMILES string of the molecule is Cc1ccc(F)c(CC(=O)Cc2ccc(Oc3ccnc(-c4cc(C(=O)O)c[nH]4)c3)cc2)c1. The summed E-state index contributed by atoms with van der Waals surface area (Å²) in [4.78, 5) is 30.6. The van der Waals surface area contributed by atoms with Crippen LogP contribution in [0.1, 0.15) is 27.0 Å². The Balaban J connectivity index is 1.40. The Labute approximate surface area is 189 Å². The van der Waals surface area contributed by atoms with Gasteiger partial charge in [0.2, 0.25) is 0 Å². The Morgan fingerprint density at radius 2 is 1.79 bits per heavy atom. The third kappa shape index (κ3) is 5.51. The molecule has 0 spiro atoms. The molecule has 0 unspecified atom stereocenters. The lowest BCUT2D eigenvalue weighted by Crippen LogP contribution is -2.08. The summed E-state index contributed by atoms with van der Waals surface area (Å²) >= 11 is 0. The molecule has 4 rings (SSSR count). The van der Waals surface area contributed by atoms with Crippen molar-refractivity contribution < 1.29 is 23.8 Å². The van der Waals surface area contributed by atoms with Crippen molar-refractivity contribution in [1.29, 1.82) is 0 Å². The van der Waals surface area contributed by atoms with Crippen LogP contribution in [0.15, 0.2) is 73.1 Å². The third-order valence-electron chi connectivity index (χ3n) is 5.09. The van der Waals surface area contributed by atoms with E-state index in [1.165, 1.54) is 18.3 Å². The minimum absolute atomic E-state index is 0.0495. The van der Waals surface area contributed by atoms with Crippen molar-refractivity contribution in [3.8, 4) is 22.9 Å². The molecule has 0 saturated heterocycles. The molecule has 6 nitrogen and oxygen atoms in total. The van der Waals surface area contributed by atoms with Crippen LogP contribution in [-0.2, 0) is 17.6 Å². The van der Waals surface area contributed by atoms with Gasteiger partial charge in [-0.1, -0.05) is 29.8 Å². The van der Waals surface area contributed by atoms with Crippen molar-refractivity contribution in [3.63, 3.8) is 0 Å². The summed E-state index contributed by atoms with van der Waals surface area (Å²) < 4.78 is 19.8. The summed E-state index contributed by atoms with van der Waals surface area (Å²) in [5, 5.41) is 9.07. The van der Waals surface area contributed by atoms with E-state index in [1.807, 2.05) is 6.92 Å². The number of halogens is 1. The molecule has 0 bridgehead atoms. The summed E-state index contributed by atoms with van der Waals surface area (Å²) in [6.45, 7) is 1.86. The van der Waals surface area contributed by atoms with E-state index in [0.29, 0.717) is 28.5 Å². The second-order valence-electron chi connectivity index (χ2n) is 7.72. The van der Waals surface area contributed by atoms with Gasteiger partial charge in [0.05, 0.1) is 17.0 Å². The lowest BCUT2D eigenvalue weighted by Gasteiger charge is -2.08. The highest BCUT2D eigenvalue weighted by molar-refractivity contribution is 5.89. The first-order chi connectivity index (χ1) is 15.9. The fourth-order valence-corrected chi connectivity index (χ4v) is 3.44. The fourth-order valence-electron chi connectivity index (χ4n) is 3.44. The average molecular weight is 444 g/mol. The van der Waals surface area contributed by atoms with Crippen molar-refractivity contribution in [2.45, 2.75) is 19.8 Å². The number of pyridine rings is 1. The number of H-pyrrole nitrogens is 1. The van der Waals surface area contributed by atoms with Crippen LogP contribution in [0, 0.1) is 12.7 Å². The third-order valence-corrected chi connectivity index (χ3v) is 5.09. The molecule has 0 aliphatic heterocycles. The van der Waals surface area contributed by atoms with Gasteiger partial charge in [0, 0.05) is 31.3 Å². The molecule has 7 heteroatoms. The molecule has 0 aliphatic rings. The van der Waals surface area contributed by atoms with Crippen LogP contribution in [0.5, 0.6) is 11.5 Å². The van der Waals surface area contributed by atoms with E-state index < -0.39 is 5.97 Å². The van der Waals surface area contributed by atoms with Gasteiger partial charge in [-0.25, -0.2) is 9.18 Å². The maximum Gasteiger partial charge on any atom is 0.337 e. The number of hydrogen-bond acceptors (Lipinski definition) is 4. The highest BCUT2D eigenvalue weighted by Gasteiger charge is 2.11. The van der Waals surface area contributed by atoms with Crippen molar-refractivity contribution in [2.24, 2.45) is 0 Å². The van der Waals surface area contributed by atoms with Crippen molar-refractivity contribution in [2.75, 3.05) is 0 Å². The van der Waals surface area contributed by atoms with Gasteiger partial charge < -0.3 is 14.8 Å². The normalized spacial score (nSPS) is 10.7. The molecule has 0 saturated carbocycles. The molecule has 0 aliphatic carbocycles. The number of rotatable bonds is 8. The molecule has 2 aromatic heterocycles. The van der Waals surface area contributed by atoms with Crippen LogP contribution in [0.2, 0.25) is 0 Å². The van der Waals surface area contributed by atoms with E-state index in [-0.39, 0.29) is 30.0 Å². The molecule has 0 atom stereocenters. The minimum Gasteiger partial charge on any atom is -0.478 e. The number of carboxylic acid groups (broad SMARTS) is 1.